The summed E-state index contributed by atoms with van der Waals surface area (Å²) >= 11 is 0. The van der Waals surface area contributed by atoms with Gasteiger partial charge in [-0.25, -0.2) is 9.49 Å². The Kier molecular flexibility index (Phi) is 5.91. The molecule has 1 aromatic heterocycles. The molecule has 1 saturated heterocycles. The molecule has 3 aromatic rings. The number of nitrogens with one attached hydrogen (secondary N) is 1. The molecule has 0 bridgehead atoms. The summed E-state index contributed by atoms with van der Waals surface area (Å²) in [5, 5.41) is 8.40. The smallest absolute Gasteiger partial charge is 0.272 e. The minimum absolute atomic E-state index is 0.0500. The summed E-state index contributed by atoms with van der Waals surface area (Å²) in [4.78, 5) is 37.8. The van der Waals surface area contributed by atoms with Crippen LogP contribution in [-0.2, 0) is 11.2 Å². The van der Waals surface area contributed by atoms with Crippen molar-refractivity contribution in [1.29, 1.82) is 0 Å². The molecule has 1 fully saturated rings. The van der Waals surface area contributed by atoms with E-state index in [1.165, 1.54) is 6.07 Å². The van der Waals surface area contributed by atoms with Gasteiger partial charge in [0.15, 0.2) is 0 Å². The standard InChI is InChI=1S/C24H28FN3O3P/c1-24(2,3)23(30)28-10-12-32(31,13-11-28)21-15-16(8-9-19(21)25)14-20-17-6-4-5-7-18(17)22(29)27-26-20/h4-9,15,31H,10-14H2,1-3H3,(H,27,29). The monoisotopic (exact) mass is 456 g/mol. The summed E-state index contributed by atoms with van der Waals surface area (Å²) in [6, 6.07) is 12.1. The third-order valence-corrected chi connectivity index (χ3v) is 9.13. The topological polar surface area (TPSA) is 86.3 Å². The molecule has 8 heteroatoms. The molecule has 2 N–H and O–H groups in total. The van der Waals surface area contributed by atoms with Crippen LogP contribution in [0.2, 0.25) is 0 Å². The fourth-order valence-electron chi connectivity index (χ4n) is 4.20. The van der Waals surface area contributed by atoms with Crippen LogP contribution in [0.1, 0.15) is 32.0 Å². The minimum Gasteiger partial charge on any atom is -0.375 e. The van der Waals surface area contributed by atoms with Crippen LogP contribution in [0, 0.1) is 11.2 Å². The van der Waals surface area contributed by atoms with Crippen molar-refractivity contribution in [3.8, 4) is 0 Å². The highest BCUT2D eigenvalue weighted by molar-refractivity contribution is 7.77. The van der Waals surface area contributed by atoms with Gasteiger partial charge in [0.2, 0.25) is 5.91 Å². The van der Waals surface area contributed by atoms with Crippen LogP contribution in [-0.4, -0.2) is 51.3 Å². The molecular formula is C24H28FN3O3P. The van der Waals surface area contributed by atoms with E-state index in [1.807, 2.05) is 32.9 Å². The second kappa shape index (κ2) is 8.38. The second-order valence-electron chi connectivity index (χ2n) is 9.42. The molecule has 1 aliphatic rings. The van der Waals surface area contributed by atoms with Gasteiger partial charge in [-0.1, -0.05) is 45.0 Å². The van der Waals surface area contributed by atoms with Gasteiger partial charge in [-0.3, -0.25) is 9.59 Å². The number of aromatic amines is 1. The lowest BCUT2D eigenvalue weighted by Crippen LogP contribution is -2.47. The van der Waals surface area contributed by atoms with Crippen LogP contribution < -0.4 is 10.9 Å². The summed E-state index contributed by atoms with van der Waals surface area (Å²) < 4.78 is 14.8. The lowest BCUT2D eigenvalue weighted by atomic mass is 9.95. The van der Waals surface area contributed by atoms with Crippen molar-refractivity contribution in [3.05, 3.63) is 69.9 Å². The normalized spacial score (nSPS) is 16.3. The Balaban J connectivity index is 1.60. The number of hydrogen-bond donors (Lipinski definition) is 2. The number of hydrogen-bond acceptors (Lipinski definition) is 4. The third kappa shape index (κ3) is 4.32. The number of halogens is 1. The molecule has 169 valence electrons. The zero-order valence-electron chi connectivity index (χ0n) is 18.6. The van der Waals surface area contributed by atoms with Gasteiger partial charge in [0, 0.05) is 55.4 Å². The number of H-pyrrole nitrogens is 1. The Hall–Kier alpha value is -2.63. The molecule has 0 saturated carbocycles. The number of fused-ring (bicyclic) bond motifs is 1. The number of benzene rings is 2. The van der Waals surface area contributed by atoms with Crippen LogP contribution in [0.5, 0.6) is 0 Å². The fraction of sp³-hybridized carbons (Fsp3) is 0.375. The average molecular weight is 456 g/mol. The van der Waals surface area contributed by atoms with Crippen LogP contribution in [0.15, 0.2) is 47.3 Å². The maximum absolute atomic E-state index is 14.8. The first-order chi connectivity index (χ1) is 15.1. The highest BCUT2D eigenvalue weighted by Gasteiger charge is 2.38. The SMILES string of the molecule is CC(C)(C)C(=O)N1CC[P](O)(c2cc(Cc3n[nH]c(=O)c4ccccc34)ccc2F)CC1. The van der Waals surface area contributed by atoms with E-state index in [1.54, 1.807) is 29.2 Å². The van der Waals surface area contributed by atoms with Crippen molar-refractivity contribution in [2.45, 2.75) is 27.2 Å². The molecule has 0 spiro atoms. The molecular weight excluding hydrogens is 428 g/mol. The van der Waals surface area contributed by atoms with Crippen molar-refractivity contribution in [2.24, 2.45) is 5.41 Å². The van der Waals surface area contributed by atoms with Crippen molar-refractivity contribution >= 4 is 29.5 Å². The maximum atomic E-state index is 14.8. The maximum Gasteiger partial charge on any atom is 0.272 e. The summed E-state index contributed by atoms with van der Waals surface area (Å²) in [7, 11) is -2.72. The van der Waals surface area contributed by atoms with Gasteiger partial charge in [0.25, 0.3) is 5.56 Å². The van der Waals surface area contributed by atoms with E-state index in [9.17, 15) is 18.9 Å². The molecule has 2 heterocycles. The molecule has 4 rings (SSSR count). The largest absolute Gasteiger partial charge is 0.375 e. The molecule has 1 aliphatic heterocycles. The zero-order valence-corrected chi connectivity index (χ0v) is 19.5. The van der Waals surface area contributed by atoms with E-state index in [-0.39, 0.29) is 11.5 Å². The van der Waals surface area contributed by atoms with Gasteiger partial charge in [0.1, 0.15) is 5.82 Å². The highest BCUT2D eigenvalue weighted by atomic mass is 31.2. The van der Waals surface area contributed by atoms with Gasteiger partial charge in [-0.05, 0) is 23.8 Å². The van der Waals surface area contributed by atoms with E-state index in [0.29, 0.717) is 48.2 Å². The Morgan fingerprint density at radius 1 is 1.16 bits per heavy atom. The molecule has 0 atom stereocenters. The zero-order chi connectivity index (χ0) is 23.1. The predicted octanol–water partition coefficient (Wildman–Crippen LogP) is 3.09. The average Bonchev–Trinajstić information content (AvgIpc) is 2.76. The third-order valence-electron chi connectivity index (χ3n) is 6.01. The van der Waals surface area contributed by atoms with Gasteiger partial charge >= 0.3 is 0 Å². The predicted molar refractivity (Wildman–Crippen MR) is 126 cm³/mol. The van der Waals surface area contributed by atoms with Crippen molar-refractivity contribution < 1.29 is 14.1 Å². The number of carbonyl (C=O) groups is 1. The number of nitrogens with zero attached hydrogens (tertiary/aromatic N) is 2. The Bertz CT molecular complexity index is 1230. The molecule has 32 heavy (non-hydrogen) atoms. The van der Waals surface area contributed by atoms with Crippen molar-refractivity contribution in [2.75, 3.05) is 25.4 Å². The Morgan fingerprint density at radius 2 is 1.81 bits per heavy atom. The molecule has 0 unspecified atom stereocenters. The van der Waals surface area contributed by atoms with E-state index in [4.69, 9.17) is 0 Å². The molecule has 2 aromatic carbocycles. The van der Waals surface area contributed by atoms with Crippen LogP contribution in [0.3, 0.4) is 0 Å². The van der Waals surface area contributed by atoms with E-state index >= 15 is 0 Å². The summed E-state index contributed by atoms with van der Waals surface area (Å²) in [6.45, 7) is 6.49. The lowest BCUT2D eigenvalue weighted by Gasteiger charge is -2.41. The van der Waals surface area contributed by atoms with E-state index < -0.39 is 18.7 Å². The quantitative estimate of drug-likeness (QED) is 0.593. The minimum atomic E-state index is -2.72. The van der Waals surface area contributed by atoms with Crippen LogP contribution >= 0.6 is 7.49 Å². The second-order valence-corrected chi connectivity index (χ2v) is 12.6. The Morgan fingerprint density at radius 3 is 2.47 bits per heavy atom. The van der Waals surface area contributed by atoms with Crippen LogP contribution in [0.25, 0.3) is 10.8 Å². The van der Waals surface area contributed by atoms with Gasteiger partial charge in [0.05, 0.1) is 11.1 Å². The molecule has 1 amide bonds. The summed E-state index contributed by atoms with van der Waals surface area (Å²) in [6.07, 6.45) is 1.17. The number of rotatable bonds is 3. The highest BCUT2D eigenvalue weighted by Crippen LogP contribution is 2.55. The van der Waals surface area contributed by atoms with E-state index in [0.717, 1.165) is 10.9 Å². The number of amides is 1. The lowest BCUT2D eigenvalue weighted by molar-refractivity contribution is -0.139. The van der Waals surface area contributed by atoms with Gasteiger partial charge in [-0.15, -0.1) is 0 Å². The first kappa shape index (κ1) is 22.6. The summed E-state index contributed by atoms with van der Waals surface area (Å²) in [5.74, 6) is -0.367. The number of carbonyl (C=O) groups excluding carboxylic acids is 1. The first-order valence-electron chi connectivity index (χ1n) is 10.7. The van der Waals surface area contributed by atoms with E-state index in [2.05, 4.69) is 10.2 Å². The summed E-state index contributed by atoms with van der Waals surface area (Å²) in [5.41, 5.74) is 0.772. The molecule has 1 radical (unpaired) electrons. The first-order valence-corrected chi connectivity index (χ1v) is 12.8. The van der Waals surface area contributed by atoms with Gasteiger partial charge < -0.3 is 9.79 Å². The van der Waals surface area contributed by atoms with Gasteiger partial charge in [-0.2, -0.15) is 5.10 Å². The number of aromatic nitrogens is 2. The van der Waals surface area contributed by atoms with Crippen LogP contribution in [0.4, 0.5) is 4.39 Å². The van der Waals surface area contributed by atoms with Crippen molar-refractivity contribution in [1.82, 2.24) is 15.1 Å². The fourth-order valence-corrected chi connectivity index (χ4v) is 6.93. The molecule has 6 nitrogen and oxygen atoms in total. The van der Waals surface area contributed by atoms with Crippen molar-refractivity contribution in [3.63, 3.8) is 0 Å². The molecule has 0 aliphatic carbocycles. The Labute approximate surface area is 186 Å².